The van der Waals surface area contributed by atoms with Gasteiger partial charge in [-0.15, -0.1) is 0 Å². The Morgan fingerprint density at radius 2 is 0.476 bits per heavy atom. The van der Waals surface area contributed by atoms with Gasteiger partial charge in [0.15, 0.2) is 0 Å². The molecular formula is H6BaO16S4. The molecule has 0 radical (unpaired) electrons. The first-order valence-corrected chi connectivity index (χ1v) is 8.29. The summed E-state index contributed by atoms with van der Waals surface area (Å²) in [5.41, 5.74) is 0. The van der Waals surface area contributed by atoms with E-state index in [-0.39, 0.29) is 48.9 Å². The average Bonchev–Trinajstić information content (AvgIpc) is 1.62. The van der Waals surface area contributed by atoms with Gasteiger partial charge < -0.3 is 9.11 Å². The fourth-order valence-corrected chi connectivity index (χ4v) is 0. The molecule has 0 heterocycles. The van der Waals surface area contributed by atoms with Gasteiger partial charge in [-0.05, 0) is 0 Å². The van der Waals surface area contributed by atoms with Crippen LogP contribution < -0.4 is 0 Å². The van der Waals surface area contributed by atoms with E-state index in [1.165, 1.54) is 0 Å². The molecule has 21 heavy (non-hydrogen) atoms. The Bertz CT molecular complexity index is 473. The summed E-state index contributed by atoms with van der Waals surface area (Å²) in [5.74, 6) is 0. The van der Waals surface area contributed by atoms with E-state index in [1.807, 2.05) is 0 Å². The van der Waals surface area contributed by atoms with E-state index in [2.05, 4.69) is 0 Å². The summed E-state index contributed by atoms with van der Waals surface area (Å²) in [7, 11) is -19.2. The van der Waals surface area contributed by atoms with Crippen LogP contribution in [0.1, 0.15) is 0 Å². The molecule has 0 unspecified atom stereocenters. The number of hydrogen-bond donors (Lipinski definition) is 6. The van der Waals surface area contributed by atoms with Crippen molar-refractivity contribution >= 4 is 90.5 Å². The maximum atomic E-state index is 8.74. The molecule has 21 heteroatoms. The van der Waals surface area contributed by atoms with E-state index < -0.39 is 41.6 Å². The molecule has 0 atom stereocenters. The molecule has 6 N–H and O–H groups in total. The van der Waals surface area contributed by atoms with Crippen molar-refractivity contribution in [1.82, 2.24) is 0 Å². The van der Waals surface area contributed by atoms with Gasteiger partial charge in [-0.25, -0.2) is 0 Å². The van der Waals surface area contributed by atoms with Crippen LogP contribution in [-0.2, 0) is 41.6 Å². The zero-order chi connectivity index (χ0) is 18.0. The monoisotopic (exact) mass is 528 g/mol. The Hall–Kier alpha value is 1.05. The van der Waals surface area contributed by atoms with Crippen LogP contribution in [0.5, 0.6) is 0 Å². The molecule has 0 aromatic carbocycles. The minimum atomic E-state index is -5.17. The zero-order valence-electron chi connectivity index (χ0n) is 9.11. The van der Waals surface area contributed by atoms with Crippen LogP contribution in [0.3, 0.4) is 0 Å². The third kappa shape index (κ3) is 6910. The first-order valence-electron chi connectivity index (χ1n) is 2.76. The van der Waals surface area contributed by atoms with Crippen molar-refractivity contribution in [2.24, 2.45) is 0 Å². The predicted octanol–water partition coefficient (Wildman–Crippen LogP) is -3.68. The van der Waals surface area contributed by atoms with E-state index in [0.717, 1.165) is 0 Å². The molecule has 0 aliphatic rings. The number of hydrogen-bond acceptors (Lipinski definition) is 10. The van der Waals surface area contributed by atoms with Gasteiger partial charge in [0, 0.05) is 10.4 Å². The first kappa shape index (κ1) is 33.6. The molecule has 0 fully saturated rings. The van der Waals surface area contributed by atoms with Crippen molar-refractivity contribution in [2.45, 2.75) is 0 Å². The van der Waals surface area contributed by atoms with Crippen LogP contribution in [0.15, 0.2) is 0 Å². The van der Waals surface area contributed by atoms with Gasteiger partial charge in [-0.2, -0.15) is 25.3 Å². The molecule has 0 aliphatic heterocycles. The van der Waals surface area contributed by atoms with Crippen LogP contribution >= 0.6 is 0 Å². The largest absolute Gasteiger partial charge is 2.00 e. The minimum Gasteiger partial charge on any atom is -0.759 e. The maximum Gasteiger partial charge on any atom is 2.00 e. The van der Waals surface area contributed by atoms with Gasteiger partial charge in [0.2, 0.25) is 0 Å². The van der Waals surface area contributed by atoms with Gasteiger partial charge in [0.25, 0.3) is 0 Å². The van der Waals surface area contributed by atoms with Gasteiger partial charge >= 0.3 is 80.1 Å². The molecule has 0 amide bonds. The Morgan fingerprint density at radius 3 is 0.476 bits per heavy atom. The van der Waals surface area contributed by atoms with Crippen molar-refractivity contribution in [3.05, 3.63) is 0 Å². The Labute approximate surface area is 158 Å². The Balaban J connectivity index is -0.0000000533. The summed E-state index contributed by atoms with van der Waals surface area (Å²) in [6.07, 6.45) is 0. The topological polar surface area (TPSA) is 304 Å². The summed E-state index contributed by atoms with van der Waals surface area (Å²) in [5, 5.41) is 0. The van der Waals surface area contributed by atoms with Gasteiger partial charge in [0.1, 0.15) is 0 Å². The van der Waals surface area contributed by atoms with Crippen molar-refractivity contribution in [1.29, 1.82) is 0 Å². The second kappa shape index (κ2) is 13.5. The van der Waals surface area contributed by atoms with Crippen LogP contribution in [0.4, 0.5) is 0 Å². The minimum absolute atomic E-state index is 0. The van der Waals surface area contributed by atoms with E-state index in [1.54, 1.807) is 0 Å². The van der Waals surface area contributed by atoms with Crippen LogP contribution in [0.2, 0.25) is 0 Å². The molecule has 0 bridgehead atoms. The average molecular weight is 528 g/mol. The summed E-state index contributed by atoms with van der Waals surface area (Å²) in [6.45, 7) is 0. The van der Waals surface area contributed by atoms with Crippen LogP contribution in [-0.4, -0.2) is 119 Å². The molecule has 128 valence electrons. The summed E-state index contributed by atoms with van der Waals surface area (Å²) in [4.78, 5) is 0. The molecule has 16 nitrogen and oxygen atoms in total. The van der Waals surface area contributed by atoms with Crippen molar-refractivity contribution in [3.8, 4) is 0 Å². The first-order chi connectivity index (χ1) is 8.00. The molecule has 0 rings (SSSR count). The van der Waals surface area contributed by atoms with Crippen molar-refractivity contribution < 1.29 is 70.1 Å². The van der Waals surface area contributed by atoms with Crippen molar-refractivity contribution in [3.63, 3.8) is 0 Å². The second-order valence-electron chi connectivity index (χ2n) is 1.75. The third-order valence-corrected chi connectivity index (χ3v) is 0. The normalized spacial score (nSPS) is 11.0. The predicted molar refractivity (Wildman–Crippen MR) is 58.8 cm³/mol. The van der Waals surface area contributed by atoms with Gasteiger partial charge in [0.05, 0.1) is 0 Å². The van der Waals surface area contributed by atoms with E-state index in [0.29, 0.717) is 0 Å². The summed E-state index contributed by atoms with van der Waals surface area (Å²) >= 11 is 0. The van der Waals surface area contributed by atoms with E-state index in [4.69, 9.17) is 70.1 Å². The van der Waals surface area contributed by atoms with Crippen molar-refractivity contribution in [2.75, 3.05) is 0 Å². The standard InChI is InChI=1S/Ba.4H2O4S/c;4*1-5(2,3)4/h;4*(H2,1,2,3,4)/q+2;;;;/p-2. The number of rotatable bonds is 0. The molecule has 0 aromatic rings. The van der Waals surface area contributed by atoms with Gasteiger partial charge in [-0.1, -0.05) is 0 Å². The summed E-state index contributed by atoms with van der Waals surface area (Å²) < 4.78 is 129. The fraction of sp³-hybridized carbons (Fsp3) is 0. The molecule has 0 aromatic heterocycles. The second-order valence-corrected chi connectivity index (χ2v) is 5.26. The van der Waals surface area contributed by atoms with E-state index in [9.17, 15) is 0 Å². The summed E-state index contributed by atoms with van der Waals surface area (Å²) in [6, 6.07) is 0. The van der Waals surface area contributed by atoms with Crippen LogP contribution in [0, 0.1) is 0 Å². The molecule has 0 saturated carbocycles. The van der Waals surface area contributed by atoms with E-state index >= 15 is 0 Å². The molecule has 0 aliphatic carbocycles. The fourth-order valence-electron chi connectivity index (χ4n) is 0. The Kier molecular flexibility index (Phi) is 21.6. The maximum absolute atomic E-state index is 8.74. The quantitative estimate of drug-likeness (QED) is 0.100. The van der Waals surface area contributed by atoms with Gasteiger partial charge in [-0.3, -0.25) is 35.7 Å². The molecule has 0 spiro atoms. The van der Waals surface area contributed by atoms with Crippen LogP contribution in [0.25, 0.3) is 0 Å². The molecular weight excluding hydrogens is 522 g/mol. The Morgan fingerprint density at radius 1 is 0.476 bits per heavy atom. The molecule has 0 saturated heterocycles. The zero-order valence-corrected chi connectivity index (χ0v) is 16.8. The third-order valence-electron chi connectivity index (χ3n) is 0. The smallest absolute Gasteiger partial charge is 0.759 e. The SMILES string of the molecule is O=S(=O)(O)O.O=S(=O)(O)O.O=S(=O)(O)O.O=S(=O)([O-])[O-].[Ba+2].